The molecule has 0 heterocycles. The SMILES string of the molecule is CCCCCCCCOc1cc(C(=O)O)c(F)c(F)c1[C@H]1CC[C@H](CCCCC)CC1. The lowest BCUT2D eigenvalue weighted by Crippen LogP contribution is -2.17. The molecule has 1 aromatic carbocycles. The molecule has 31 heavy (non-hydrogen) atoms. The number of rotatable bonds is 14. The van der Waals surface area contributed by atoms with Crippen LogP contribution in [0.2, 0.25) is 0 Å². The van der Waals surface area contributed by atoms with Gasteiger partial charge >= 0.3 is 5.97 Å². The van der Waals surface area contributed by atoms with Crippen LogP contribution in [0.25, 0.3) is 0 Å². The third-order valence-corrected chi connectivity index (χ3v) is 6.66. The van der Waals surface area contributed by atoms with E-state index < -0.39 is 23.2 Å². The zero-order chi connectivity index (χ0) is 22.6. The largest absolute Gasteiger partial charge is 0.493 e. The van der Waals surface area contributed by atoms with Crippen LogP contribution in [0.15, 0.2) is 6.07 Å². The van der Waals surface area contributed by atoms with Gasteiger partial charge in [0.25, 0.3) is 0 Å². The molecule has 3 nitrogen and oxygen atoms in total. The van der Waals surface area contributed by atoms with Gasteiger partial charge < -0.3 is 9.84 Å². The van der Waals surface area contributed by atoms with Crippen molar-refractivity contribution >= 4 is 5.97 Å². The van der Waals surface area contributed by atoms with Gasteiger partial charge in [-0.1, -0.05) is 71.6 Å². The van der Waals surface area contributed by atoms with Crippen molar-refractivity contribution in [2.75, 3.05) is 6.61 Å². The molecular weight excluding hydrogens is 398 g/mol. The Morgan fingerprint density at radius 2 is 1.55 bits per heavy atom. The molecule has 176 valence electrons. The van der Waals surface area contributed by atoms with Crippen LogP contribution >= 0.6 is 0 Å². The van der Waals surface area contributed by atoms with Crippen molar-refractivity contribution in [1.29, 1.82) is 0 Å². The number of aromatic carboxylic acids is 1. The quantitative estimate of drug-likeness (QED) is 0.297. The topological polar surface area (TPSA) is 46.5 Å². The van der Waals surface area contributed by atoms with E-state index >= 15 is 4.39 Å². The van der Waals surface area contributed by atoms with Crippen molar-refractivity contribution in [3.8, 4) is 5.75 Å². The van der Waals surface area contributed by atoms with Gasteiger partial charge in [-0.25, -0.2) is 13.6 Å². The molecule has 1 saturated carbocycles. The minimum atomic E-state index is -1.47. The Morgan fingerprint density at radius 1 is 0.935 bits per heavy atom. The first-order valence-corrected chi connectivity index (χ1v) is 12.4. The van der Waals surface area contributed by atoms with Gasteiger partial charge in [-0.2, -0.15) is 0 Å². The number of halogens is 2. The molecule has 0 spiro atoms. The lowest BCUT2D eigenvalue weighted by molar-refractivity contribution is 0.0689. The van der Waals surface area contributed by atoms with Crippen molar-refractivity contribution in [2.45, 2.75) is 110 Å². The van der Waals surface area contributed by atoms with E-state index in [2.05, 4.69) is 13.8 Å². The molecule has 1 N–H and O–H groups in total. The van der Waals surface area contributed by atoms with E-state index in [1.165, 1.54) is 51.0 Å². The van der Waals surface area contributed by atoms with Crippen molar-refractivity contribution in [1.82, 2.24) is 0 Å². The van der Waals surface area contributed by atoms with Gasteiger partial charge in [-0.3, -0.25) is 0 Å². The predicted octanol–water partition coefficient (Wildman–Crippen LogP) is 8.26. The molecule has 2 rings (SSSR count). The lowest BCUT2D eigenvalue weighted by atomic mass is 9.76. The number of carbonyl (C=O) groups is 1. The molecular formula is C26H40F2O3. The van der Waals surface area contributed by atoms with E-state index in [9.17, 15) is 14.3 Å². The summed E-state index contributed by atoms with van der Waals surface area (Å²) in [5.41, 5.74) is -0.395. The number of benzene rings is 1. The monoisotopic (exact) mass is 438 g/mol. The fourth-order valence-electron chi connectivity index (χ4n) is 4.76. The number of unbranched alkanes of at least 4 members (excludes halogenated alkanes) is 7. The van der Waals surface area contributed by atoms with Crippen molar-refractivity contribution in [2.24, 2.45) is 5.92 Å². The van der Waals surface area contributed by atoms with Crippen molar-refractivity contribution in [3.63, 3.8) is 0 Å². The van der Waals surface area contributed by atoms with Crippen LogP contribution in [-0.4, -0.2) is 17.7 Å². The summed E-state index contributed by atoms with van der Waals surface area (Å²) in [7, 11) is 0. The number of hydrogen-bond acceptors (Lipinski definition) is 2. The Balaban J connectivity index is 2.06. The van der Waals surface area contributed by atoms with E-state index in [0.717, 1.165) is 44.9 Å². The van der Waals surface area contributed by atoms with E-state index in [4.69, 9.17) is 4.74 Å². The second-order valence-electron chi connectivity index (χ2n) is 9.10. The van der Waals surface area contributed by atoms with Crippen LogP contribution in [0.5, 0.6) is 5.75 Å². The number of carboxylic acid groups (broad SMARTS) is 1. The summed E-state index contributed by atoms with van der Waals surface area (Å²) < 4.78 is 35.3. The minimum Gasteiger partial charge on any atom is -0.493 e. The van der Waals surface area contributed by atoms with E-state index in [1.54, 1.807) is 0 Å². The zero-order valence-corrected chi connectivity index (χ0v) is 19.4. The van der Waals surface area contributed by atoms with Gasteiger partial charge in [0.2, 0.25) is 0 Å². The van der Waals surface area contributed by atoms with Gasteiger partial charge in [0.05, 0.1) is 6.61 Å². The minimum absolute atomic E-state index is 0.112. The average Bonchev–Trinajstić information content (AvgIpc) is 2.76. The second kappa shape index (κ2) is 13.7. The maximum atomic E-state index is 15.0. The highest BCUT2D eigenvalue weighted by Gasteiger charge is 2.31. The summed E-state index contributed by atoms with van der Waals surface area (Å²) in [6.07, 6.45) is 15.1. The normalized spacial score (nSPS) is 18.8. The summed E-state index contributed by atoms with van der Waals surface area (Å²) in [6.45, 7) is 4.77. The maximum Gasteiger partial charge on any atom is 0.338 e. The molecule has 0 amide bonds. The molecule has 5 heteroatoms. The van der Waals surface area contributed by atoms with Crippen LogP contribution in [0.3, 0.4) is 0 Å². The lowest BCUT2D eigenvalue weighted by Gasteiger charge is -2.30. The Bertz CT molecular complexity index is 682. The van der Waals surface area contributed by atoms with Crippen LogP contribution in [0.4, 0.5) is 8.78 Å². The maximum absolute atomic E-state index is 15.0. The third-order valence-electron chi connectivity index (χ3n) is 6.66. The standard InChI is InChI=1S/C26H40F2O3/c1-3-5-7-8-9-11-17-31-22-18-21(26(29)30)24(27)25(28)23(22)20-15-13-19(14-16-20)12-10-6-4-2/h18-20H,3-17H2,1-2H3,(H,29,30)/t19-,20-. The second-order valence-corrected chi connectivity index (χ2v) is 9.10. The Hall–Kier alpha value is -1.65. The molecule has 1 aliphatic carbocycles. The van der Waals surface area contributed by atoms with Crippen LogP contribution in [0, 0.1) is 17.6 Å². The van der Waals surface area contributed by atoms with E-state index in [0.29, 0.717) is 12.5 Å². The first-order valence-electron chi connectivity index (χ1n) is 12.4. The predicted molar refractivity (Wildman–Crippen MR) is 121 cm³/mol. The van der Waals surface area contributed by atoms with Gasteiger partial charge in [-0.15, -0.1) is 0 Å². The molecule has 0 bridgehead atoms. The van der Waals surface area contributed by atoms with Crippen molar-refractivity contribution < 1.29 is 23.4 Å². The van der Waals surface area contributed by atoms with E-state index in [-0.39, 0.29) is 17.2 Å². The van der Waals surface area contributed by atoms with Crippen LogP contribution < -0.4 is 4.74 Å². The number of ether oxygens (including phenoxy) is 1. The highest BCUT2D eigenvalue weighted by Crippen LogP contribution is 2.43. The van der Waals surface area contributed by atoms with Crippen LogP contribution in [-0.2, 0) is 0 Å². The highest BCUT2D eigenvalue weighted by atomic mass is 19.2. The molecule has 0 aliphatic heterocycles. The summed E-state index contributed by atoms with van der Waals surface area (Å²) in [5, 5.41) is 9.28. The molecule has 0 radical (unpaired) electrons. The first-order chi connectivity index (χ1) is 15.0. The summed E-state index contributed by atoms with van der Waals surface area (Å²) in [4.78, 5) is 11.4. The Labute approximate surface area is 186 Å². The van der Waals surface area contributed by atoms with Crippen molar-refractivity contribution in [3.05, 3.63) is 28.8 Å². The van der Waals surface area contributed by atoms with Crippen LogP contribution in [0.1, 0.15) is 126 Å². The number of hydrogen-bond donors (Lipinski definition) is 1. The molecule has 0 saturated heterocycles. The molecule has 0 atom stereocenters. The molecule has 1 aromatic rings. The summed E-state index contributed by atoms with van der Waals surface area (Å²) in [6, 6.07) is 1.19. The molecule has 0 unspecified atom stereocenters. The fourth-order valence-corrected chi connectivity index (χ4v) is 4.76. The smallest absolute Gasteiger partial charge is 0.338 e. The van der Waals surface area contributed by atoms with E-state index in [1.807, 2.05) is 0 Å². The van der Waals surface area contributed by atoms with Gasteiger partial charge in [0, 0.05) is 5.56 Å². The Morgan fingerprint density at radius 3 is 2.19 bits per heavy atom. The van der Waals surface area contributed by atoms with Gasteiger partial charge in [-0.05, 0) is 50.0 Å². The third kappa shape index (κ3) is 7.76. The van der Waals surface area contributed by atoms with Gasteiger partial charge in [0.1, 0.15) is 11.3 Å². The molecule has 1 aliphatic rings. The molecule has 0 aromatic heterocycles. The fraction of sp³-hybridized carbons (Fsp3) is 0.731. The zero-order valence-electron chi connectivity index (χ0n) is 19.4. The molecule has 1 fully saturated rings. The highest BCUT2D eigenvalue weighted by molar-refractivity contribution is 5.88. The summed E-state index contributed by atoms with van der Waals surface area (Å²) in [5.74, 6) is -3.00. The Kier molecular flexibility index (Phi) is 11.3. The first kappa shape index (κ1) is 25.6. The summed E-state index contributed by atoms with van der Waals surface area (Å²) >= 11 is 0. The average molecular weight is 439 g/mol. The van der Waals surface area contributed by atoms with Gasteiger partial charge in [0.15, 0.2) is 11.6 Å². The number of carboxylic acids is 1.